The van der Waals surface area contributed by atoms with Gasteiger partial charge in [0.15, 0.2) is 0 Å². The molecule has 3 fully saturated rings. The van der Waals surface area contributed by atoms with Gasteiger partial charge < -0.3 is 5.11 Å². The highest BCUT2D eigenvalue weighted by molar-refractivity contribution is 5.35. The van der Waals surface area contributed by atoms with E-state index < -0.39 is 0 Å². The van der Waals surface area contributed by atoms with E-state index in [1.165, 1.54) is 44.9 Å². The first-order valence-corrected chi connectivity index (χ1v) is 12.8. The molecular formula is C28H46O. The average Bonchev–Trinajstić information content (AvgIpc) is 3.03. The van der Waals surface area contributed by atoms with Crippen molar-refractivity contribution in [1.82, 2.24) is 0 Å². The number of fused-ring (bicyclic) bond motifs is 4. The quantitative estimate of drug-likeness (QED) is 0.484. The number of aliphatic hydroxyl groups is 1. The van der Waals surface area contributed by atoms with E-state index in [2.05, 4.69) is 53.7 Å². The SMILES string of the molecule is CC(C)[C@@H](C)C=C[C@@H](C)[C@H]1CCC2=C3CC[C@H]4C[C@@H](O)CC[C@]4(C)[C@H]3CC[C@@]21C. The standard InChI is InChI=1S/C28H46O/c1-18(2)19(3)7-8-20(4)24-11-12-25-23-10-9-21-17-22(29)13-15-27(21,5)26(23)14-16-28(24,25)6/h7-8,18-22,24,26,29H,9-17H2,1-6H3/t19-,20+,21-,22-,24+,26-,27-,28+/m0/s1. The summed E-state index contributed by atoms with van der Waals surface area (Å²) in [5, 5.41) is 10.3. The Hall–Kier alpha value is -0.560. The molecule has 8 atom stereocenters. The van der Waals surface area contributed by atoms with E-state index in [1.54, 1.807) is 0 Å². The van der Waals surface area contributed by atoms with Crippen molar-refractivity contribution >= 4 is 0 Å². The van der Waals surface area contributed by atoms with Crippen molar-refractivity contribution < 1.29 is 5.11 Å². The Morgan fingerprint density at radius 2 is 1.69 bits per heavy atom. The monoisotopic (exact) mass is 398 g/mol. The molecule has 1 heteroatoms. The summed E-state index contributed by atoms with van der Waals surface area (Å²) < 4.78 is 0. The first-order chi connectivity index (χ1) is 13.7. The molecule has 4 rings (SSSR count). The van der Waals surface area contributed by atoms with Gasteiger partial charge in [0.05, 0.1) is 6.10 Å². The van der Waals surface area contributed by atoms with Crippen LogP contribution in [0.4, 0.5) is 0 Å². The van der Waals surface area contributed by atoms with Crippen molar-refractivity contribution in [2.45, 2.75) is 105 Å². The van der Waals surface area contributed by atoms with Crippen molar-refractivity contribution in [2.24, 2.45) is 46.3 Å². The Kier molecular flexibility index (Phi) is 5.86. The molecule has 0 aromatic carbocycles. The van der Waals surface area contributed by atoms with E-state index in [0.717, 1.165) is 36.5 Å². The highest BCUT2D eigenvalue weighted by Gasteiger charge is 2.55. The molecule has 0 saturated heterocycles. The second-order valence-electron chi connectivity index (χ2n) is 12.2. The summed E-state index contributed by atoms with van der Waals surface area (Å²) in [4.78, 5) is 0. The average molecular weight is 399 g/mol. The van der Waals surface area contributed by atoms with Gasteiger partial charge in [0.2, 0.25) is 0 Å². The maximum atomic E-state index is 10.3. The summed E-state index contributed by atoms with van der Waals surface area (Å²) in [6, 6.07) is 0. The van der Waals surface area contributed by atoms with Crippen LogP contribution in [0.1, 0.15) is 99.3 Å². The van der Waals surface area contributed by atoms with E-state index in [9.17, 15) is 5.11 Å². The van der Waals surface area contributed by atoms with Crippen LogP contribution in [-0.4, -0.2) is 11.2 Å². The van der Waals surface area contributed by atoms with Crippen LogP contribution in [0.2, 0.25) is 0 Å². The summed E-state index contributed by atoms with van der Waals surface area (Å²) in [5.74, 6) is 4.48. The third kappa shape index (κ3) is 3.58. The molecule has 0 heterocycles. The molecule has 0 amide bonds. The first kappa shape index (κ1) is 21.7. The zero-order valence-corrected chi connectivity index (χ0v) is 20.0. The van der Waals surface area contributed by atoms with Crippen LogP contribution in [0.5, 0.6) is 0 Å². The smallest absolute Gasteiger partial charge is 0.0543 e. The molecular weight excluding hydrogens is 352 g/mol. The highest BCUT2D eigenvalue weighted by Crippen LogP contribution is 2.65. The topological polar surface area (TPSA) is 20.2 Å². The Morgan fingerprint density at radius 3 is 2.41 bits per heavy atom. The van der Waals surface area contributed by atoms with Gasteiger partial charge in [-0.3, -0.25) is 0 Å². The first-order valence-electron chi connectivity index (χ1n) is 12.8. The van der Waals surface area contributed by atoms with E-state index in [0.29, 0.717) is 22.7 Å². The number of aliphatic hydroxyl groups excluding tert-OH is 1. The van der Waals surface area contributed by atoms with Crippen LogP contribution in [0.25, 0.3) is 0 Å². The molecule has 164 valence electrons. The lowest BCUT2D eigenvalue weighted by molar-refractivity contribution is -0.0377. The second kappa shape index (κ2) is 7.85. The lowest BCUT2D eigenvalue weighted by atomic mass is 9.49. The summed E-state index contributed by atoms with van der Waals surface area (Å²) >= 11 is 0. The van der Waals surface area contributed by atoms with E-state index in [4.69, 9.17) is 0 Å². The van der Waals surface area contributed by atoms with Gasteiger partial charge in [-0.2, -0.15) is 0 Å². The Balaban J connectivity index is 1.58. The largest absolute Gasteiger partial charge is 0.393 e. The van der Waals surface area contributed by atoms with Crippen molar-refractivity contribution in [3.63, 3.8) is 0 Å². The molecule has 29 heavy (non-hydrogen) atoms. The zero-order valence-electron chi connectivity index (χ0n) is 20.0. The molecule has 3 saturated carbocycles. The normalized spacial score (nSPS) is 44.6. The van der Waals surface area contributed by atoms with E-state index in [1.807, 2.05) is 11.1 Å². The fourth-order valence-electron chi connectivity index (χ4n) is 8.06. The highest BCUT2D eigenvalue weighted by atomic mass is 16.3. The molecule has 0 aromatic heterocycles. The molecule has 1 N–H and O–H groups in total. The van der Waals surface area contributed by atoms with Gasteiger partial charge in [-0.15, -0.1) is 0 Å². The van der Waals surface area contributed by atoms with Gasteiger partial charge in [-0.05, 0) is 104 Å². The van der Waals surface area contributed by atoms with Crippen LogP contribution < -0.4 is 0 Å². The Morgan fingerprint density at radius 1 is 0.931 bits per heavy atom. The molecule has 0 radical (unpaired) electrons. The van der Waals surface area contributed by atoms with Crippen LogP contribution >= 0.6 is 0 Å². The summed E-state index contributed by atoms with van der Waals surface area (Å²) in [6.07, 6.45) is 16.5. The van der Waals surface area contributed by atoms with Crippen LogP contribution in [0, 0.1) is 46.3 Å². The predicted molar refractivity (Wildman–Crippen MR) is 124 cm³/mol. The fourth-order valence-corrected chi connectivity index (χ4v) is 8.06. The van der Waals surface area contributed by atoms with E-state index >= 15 is 0 Å². The Labute approximate surface area is 180 Å². The third-order valence-corrected chi connectivity index (χ3v) is 10.4. The van der Waals surface area contributed by atoms with Crippen molar-refractivity contribution in [1.29, 1.82) is 0 Å². The molecule has 0 aliphatic heterocycles. The lowest BCUT2D eigenvalue weighted by Gasteiger charge is -2.56. The summed E-state index contributed by atoms with van der Waals surface area (Å²) in [7, 11) is 0. The van der Waals surface area contributed by atoms with Crippen molar-refractivity contribution in [3.05, 3.63) is 23.3 Å². The molecule has 0 unspecified atom stereocenters. The second-order valence-corrected chi connectivity index (χ2v) is 12.2. The molecule has 0 aromatic rings. The molecule has 4 aliphatic carbocycles. The summed E-state index contributed by atoms with van der Waals surface area (Å²) in [6.45, 7) is 14.7. The Bertz CT molecular complexity index is 672. The van der Waals surface area contributed by atoms with Crippen LogP contribution in [-0.2, 0) is 0 Å². The fraction of sp³-hybridized carbons (Fsp3) is 0.857. The zero-order chi connectivity index (χ0) is 21.0. The number of hydrogen-bond donors (Lipinski definition) is 1. The maximum absolute atomic E-state index is 10.3. The van der Waals surface area contributed by atoms with Crippen molar-refractivity contribution in [2.75, 3.05) is 0 Å². The third-order valence-electron chi connectivity index (χ3n) is 10.4. The van der Waals surface area contributed by atoms with Crippen LogP contribution in [0.3, 0.4) is 0 Å². The van der Waals surface area contributed by atoms with E-state index in [-0.39, 0.29) is 6.10 Å². The minimum atomic E-state index is -0.0344. The summed E-state index contributed by atoms with van der Waals surface area (Å²) in [5.41, 5.74) is 4.68. The lowest BCUT2D eigenvalue weighted by Crippen LogP contribution is -2.48. The number of rotatable bonds is 4. The number of allylic oxidation sites excluding steroid dienone is 4. The predicted octanol–water partition coefficient (Wildman–Crippen LogP) is 7.55. The van der Waals surface area contributed by atoms with Gasteiger partial charge in [-0.25, -0.2) is 0 Å². The van der Waals surface area contributed by atoms with Crippen molar-refractivity contribution in [3.8, 4) is 0 Å². The number of hydrogen-bond acceptors (Lipinski definition) is 1. The maximum Gasteiger partial charge on any atom is 0.0543 e. The minimum absolute atomic E-state index is 0.0344. The van der Waals surface area contributed by atoms with Gasteiger partial charge in [0.1, 0.15) is 0 Å². The van der Waals surface area contributed by atoms with Crippen LogP contribution in [0.15, 0.2) is 23.3 Å². The molecule has 1 nitrogen and oxygen atoms in total. The molecule has 0 bridgehead atoms. The van der Waals surface area contributed by atoms with Gasteiger partial charge in [-0.1, -0.05) is 64.8 Å². The van der Waals surface area contributed by atoms with Gasteiger partial charge in [0.25, 0.3) is 0 Å². The molecule has 0 spiro atoms. The minimum Gasteiger partial charge on any atom is -0.393 e. The molecule has 4 aliphatic rings. The van der Waals surface area contributed by atoms with Gasteiger partial charge >= 0.3 is 0 Å². The van der Waals surface area contributed by atoms with Gasteiger partial charge in [0, 0.05) is 0 Å².